The number of rotatable bonds is 5. The minimum absolute atomic E-state index is 0.164. The van der Waals surface area contributed by atoms with E-state index in [0.29, 0.717) is 50.1 Å². The van der Waals surface area contributed by atoms with E-state index in [9.17, 15) is 13.2 Å². The molecule has 1 saturated heterocycles. The number of hydrogen-bond acceptors (Lipinski definition) is 6. The Hall–Kier alpha value is -2.20. The normalized spacial score (nSPS) is 17.6. The highest BCUT2D eigenvalue weighted by atomic mass is 32.2. The van der Waals surface area contributed by atoms with Crippen molar-refractivity contribution in [1.82, 2.24) is 9.21 Å². The molecule has 0 spiro atoms. The Morgan fingerprint density at radius 1 is 1.03 bits per heavy atom. The average molecular weight is 460 g/mol. The van der Waals surface area contributed by atoms with Crippen LogP contribution in [0.25, 0.3) is 0 Å². The van der Waals surface area contributed by atoms with Crippen LogP contribution in [0.15, 0.2) is 58.4 Å². The number of amides is 1. The van der Waals surface area contributed by atoms with Crippen molar-refractivity contribution >= 4 is 32.9 Å². The number of nitrogens with zero attached hydrogens (tertiary/aromatic N) is 3. The van der Waals surface area contributed by atoms with Crippen LogP contribution >= 0.6 is 11.8 Å². The second kappa shape index (κ2) is 9.52. The Morgan fingerprint density at radius 2 is 1.71 bits per heavy atom. The summed E-state index contributed by atoms with van der Waals surface area (Å²) in [7, 11) is -3.58. The third-order valence-electron chi connectivity index (χ3n) is 5.24. The summed E-state index contributed by atoms with van der Waals surface area (Å²) in [5, 5.41) is 0.704. The molecule has 0 aliphatic carbocycles. The molecular formula is C22H25N3O4S2. The van der Waals surface area contributed by atoms with E-state index in [1.165, 1.54) is 27.6 Å². The van der Waals surface area contributed by atoms with E-state index >= 15 is 0 Å². The fraction of sp³-hybridized carbons (Fsp3) is 0.364. The lowest BCUT2D eigenvalue weighted by Crippen LogP contribution is -2.40. The van der Waals surface area contributed by atoms with Crippen LogP contribution < -0.4 is 0 Å². The second-order valence-corrected chi connectivity index (χ2v) is 10.3. The fourth-order valence-corrected chi connectivity index (χ4v) is 5.84. The molecule has 0 aromatic heterocycles. The second-order valence-electron chi connectivity index (χ2n) is 7.44. The first-order valence-corrected chi connectivity index (χ1v) is 12.6. The summed E-state index contributed by atoms with van der Waals surface area (Å²) in [6.07, 6.45) is 0. The zero-order chi connectivity index (χ0) is 21.8. The number of benzene rings is 2. The van der Waals surface area contributed by atoms with Crippen molar-refractivity contribution in [3.63, 3.8) is 0 Å². The smallest absolute Gasteiger partial charge is 0.259 e. The number of hydrogen-bond donors (Lipinski definition) is 0. The van der Waals surface area contributed by atoms with Gasteiger partial charge >= 0.3 is 0 Å². The van der Waals surface area contributed by atoms with Gasteiger partial charge in [0.15, 0.2) is 5.17 Å². The van der Waals surface area contributed by atoms with Crippen molar-refractivity contribution in [2.75, 3.05) is 39.4 Å². The summed E-state index contributed by atoms with van der Waals surface area (Å²) in [5.74, 6) is 0.572. The molecule has 0 unspecified atom stereocenters. The molecule has 7 nitrogen and oxygen atoms in total. The number of carbonyl (C=O) groups excluding carboxylic acids is 1. The van der Waals surface area contributed by atoms with Gasteiger partial charge in [-0.1, -0.05) is 41.6 Å². The Balaban J connectivity index is 1.42. The van der Waals surface area contributed by atoms with Gasteiger partial charge in [-0.25, -0.2) is 8.42 Å². The predicted octanol–water partition coefficient (Wildman–Crippen LogP) is 2.76. The highest BCUT2D eigenvalue weighted by molar-refractivity contribution is 8.13. The molecule has 2 aromatic rings. The van der Waals surface area contributed by atoms with Crippen LogP contribution in [0, 0.1) is 6.92 Å². The molecule has 164 valence electrons. The van der Waals surface area contributed by atoms with Crippen molar-refractivity contribution < 1.29 is 17.9 Å². The molecule has 0 saturated carbocycles. The van der Waals surface area contributed by atoms with E-state index in [1.54, 1.807) is 28.8 Å². The van der Waals surface area contributed by atoms with Crippen molar-refractivity contribution in [2.24, 2.45) is 4.99 Å². The summed E-state index contributed by atoms with van der Waals surface area (Å²) in [6.45, 7) is 4.63. The molecule has 2 heterocycles. The van der Waals surface area contributed by atoms with E-state index < -0.39 is 10.0 Å². The van der Waals surface area contributed by atoms with E-state index in [2.05, 4.69) is 36.2 Å². The molecule has 1 fully saturated rings. The lowest BCUT2D eigenvalue weighted by molar-refractivity contribution is 0.0730. The van der Waals surface area contributed by atoms with Crippen LogP contribution in [0.5, 0.6) is 0 Å². The zero-order valence-corrected chi connectivity index (χ0v) is 19.0. The first-order valence-electron chi connectivity index (χ1n) is 10.2. The Kier molecular flexibility index (Phi) is 6.76. The Labute approximate surface area is 187 Å². The van der Waals surface area contributed by atoms with Gasteiger partial charge in [-0.15, -0.1) is 0 Å². The summed E-state index contributed by atoms with van der Waals surface area (Å²) < 4.78 is 32.2. The number of aryl methyl sites for hydroxylation is 1. The summed E-state index contributed by atoms with van der Waals surface area (Å²) >= 11 is 1.54. The van der Waals surface area contributed by atoms with Crippen molar-refractivity contribution in [3.05, 3.63) is 65.2 Å². The average Bonchev–Trinajstić information content (AvgIpc) is 3.27. The standard InChI is InChI=1S/C22H25N3O4S2/c1-17-2-4-18(5-3-17)16-30-22-23-10-11-25(22)21(26)19-6-8-20(9-7-19)31(27,28)24-12-14-29-15-13-24/h2-9H,10-16H2,1H3. The van der Waals surface area contributed by atoms with Gasteiger partial charge in [0.2, 0.25) is 10.0 Å². The predicted molar refractivity (Wildman–Crippen MR) is 122 cm³/mol. The molecule has 2 aliphatic heterocycles. The fourth-order valence-electron chi connectivity index (χ4n) is 3.43. The van der Waals surface area contributed by atoms with Gasteiger partial charge in [0.25, 0.3) is 5.91 Å². The molecule has 0 radical (unpaired) electrons. The number of amidine groups is 1. The first-order chi connectivity index (χ1) is 14.9. The lowest BCUT2D eigenvalue weighted by atomic mass is 10.2. The maximum absolute atomic E-state index is 13.0. The van der Waals surface area contributed by atoms with Crippen LogP contribution in [0.3, 0.4) is 0 Å². The molecule has 2 aliphatic rings. The van der Waals surface area contributed by atoms with Crippen LogP contribution in [-0.4, -0.2) is 68.1 Å². The number of morpholine rings is 1. The summed E-state index contributed by atoms with van der Waals surface area (Å²) in [6, 6.07) is 14.5. The largest absolute Gasteiger partial charge is 0.379 e. The molecule has 1 amide bonds. The van der Waals surface area contributed by atoms with Gasteiger partial charge in [0, 0.05) is 31.0 Å². The monoisotopic (exact) mass is 459 g/mol. The summed E-state index contributed by atoms with van der Waals surface area (Å²) in [5.41, 5.74) is 2.84. The van der Waals surface area contributed by atoms with Crippen molar-refractivity contribution in [3.8, 4) is 0 Å². The zero-order valence-electron chi connectivity index (χ0n) is 17.4. The highest BCUT2D eigenvalue weighted by Gasteiger charge is 2.28. The van der Waals surface area contributed by atoms with Crippen LogP contribution in [0.2, 0.25) is 0 Å². The Bertz CT molecular complexity index is 1060. The molecule has 31 heavy (non-hydrogen) atoms. The lowest BCUT2D eigenvalue weighted by Gasteiger charge is -2.26. The maximum Gasteiger partial charge on any atom is 0.259 e. The quantitative estimate of drug-likeness (QED) is 0.687. The molecule has 0 N–H and O–H groups in total. The van der Waals surface area contributed by atoms with Crippen LogP contribution in [-0.2, 0) is 20.5 Å². The minimum Gasteiger partial charge on any atom is -0.379 e. The van der Waals surface area contributed by atoms with E-state index in [1.807, 2.05) is 0 Å². The first kappa shape index (κ1) is 22.0. The number of ether oxygens (including phenoxy) is 1. The van der Waals surface area contributed by atoms with Gasteiger partial charge in [-0.05, 0) is 36.8 Å². The van der Waals surface area contributed by atoms with E-state index in [4.69, 9.17) is 4.74 Å². The SMILES string of the molecule is Cc1ccc(CSC2=NCCN2C(=O)c2ccc(S(=O)(=O)N3CCOCC3)cc2)cc1. The minimum atomic E-state index is -3.58. The van der Waals surface area contributed by atoms with Gasteiger partial charge in [0.05, 0.1) is 24.7 Å². The van der Waals surface area contributed by atoms with Gasteiger partial charge in [0.1, 0.15) is 0 Å². The van der Waals surface area contributed by atoms with Crippen molar-refractivity contribution in [1.29, 1.82) is 0 Å². The molecule has 9 heteroatoms. The van der Waals surface area contributed by atoms with E-state index in [-0.39, 0.29) is 10.8 Å². The van der Waals surface area contributed by atoms with Gasteiger partial charge < -0.3 is 4.74 Å². The van der Waals surface area contributed by atoms with Crippen molar-refractivity contribution in [2.45, 2.75) is 17.6 Å². The number of carbonyl (C=O) groups is 1. The third kappa shape index (κ3) is 5.01. The Morgan fingerprint density at radius 3 is 2.39 bits per heavy atom. The number of aliphatic imine (C=N–C) groups is 1. The van der Waals surface area contributed by atoms with E-state index in [0.717, 1.165) is 5.75 Å². The molecule has 4 rings (SSSR count). The van der Waals surface area contributed by atoms with Gasteiger partial charge in [-0.3, -0.25) is 14.7 Å². The molecular weight excluding hydrogens is 434 g/mol. The number of thioether (sulfide) groups is 1. The number of sulfonamides is 1. The topological polar surface area (TPSA) is 79.3 Å². The summed E-state index contributed by atoms with van der Waals surface area (Å²) in [4.78, 5) is 19.4. The molecule has 2 aromatic carbocycles. The van der Waals surface area contributed by atoms with Crippen LogP contribution in [0.4, 0.5) is 0 Å². The maximum atomic E-state index is 13.0. The van der Waals surface area contributed by atoms with Crippen LogP contribution in [0.1, 0.15) is 21.5 Å². The third-order valence-corrected chi connectivity index (χ3v) is 8.24. The molecule has 0 bridgehead atoms. The van der Waals surface area contributed by atoms with Gasteiger partial charge in [-0.2, -0.15) is 4.31 Å². The highest BCUT2D eigenvalue weighted by Crippen LogP contribution is 2.23. The molecule has 0 atom stereocenters.